The van der Waals surface area contributed by atoms with Gasteiger partial charge in [0.05, 0.1) is 21.4 Å². The Morgan fingerprint density at radius 2 is 2.00 bits per heavy atom. The zero-order chi connectivity index (χ0) is 14.0. The van der Waals surface area contributed by atoms with Gasteiger partial charge in [0.15, 0.2) is 0 Å². The lowest BCUT2D eigenvalue weighted by Gasteiger charge is -2.09. The summed E-state index contributed by atoms with van der Waals surface area (Å²) in [6.07, 6.45) is 2.63. The van der Waals surface area contributed by atoms with Crippen LogP contribution in [0.2, 0.25) is 0 Å². The molecule has 6 nitrogen and oxygen atoms in total. The predicted molar refractivity (Wildman–Crippen MR) is 69.7 cm³/mol. The summed E-state index contributed by atoms with van der Waals surface area (Å²) < 4.78 is 12.7. The van der Waals surface area contributed by atoms with Gasteiger partial charge in [-0.25, -0.2) is 4.79 Å². The van der Waals surface area contributed by atoms with E-state index in [9.17, 15) is 13.8 Å². The Kier molecular flexibility index (Phi) is 3.44. The number of hydrogen-bond acceptors (Lipinski definition) is 4. The largest absolute Gasteiger partial charge is 0.333 e. The van der Waals surface area contributed by atoms with Crippen LogP contribution < -0.4 is 11.2 Å². The number of nitrogens with zero attached hydrogens (tertiary/aromatic N) is 2. The lowest BCUT2D eigenvalue weighted by molar-refractivity contribution is 0.686. The lowest BCUT2D eigenvalue weighted by Crippen LogP contribution is -2.30. The Morgan fingerprint density at radius 1 is 1.32 bits per heavy atom. The molecule has 0 aliphatic heterocycles. The van der Waals surface area contributed by atoms with Crippen molar-refractivity contribution in [2.45, 2.75) is 4.90 Å². The van der Waals surface area contributed by atoms with Crippen LogP contribution in [0.5, 0.6) is 0 Å². The maximum absolute atomic E-state index is 11.8. The monoisotopic (exact) mass is 275 g/mol. The van der Waals surface area contributed by atoms with E-state index in [1.165, 1.54) is 6.26 Å². The number of nitrogens with one attached hydrogen (secondary N) is 1. The molecule has 1 unspecified atom stereocenters. The molecule has 19 heavy (non-hydrogen) atoms. The number of nitriles is 1. The molecule has 2 rings (SSSR count). The number of hydrogen-bond donors (Lipinski definition) is 1. The average Bonchev–Trinajstić information content (AvgIpc) is 2.39. The highest BCUT2D eigenvalue weighted by molar-refractivity contribution is 7.84. The molecule has 2 aromatic rings. The smallest absolute Gasteiger partial charge is 0.273 e. The van der Waals surface area contributed by atoms with Crippen LogP contribution >= 0.6 is 0 Å². The molecule has 1 N–H and O–H groups in total. The van der Waals surface area contributed by atoms with E-state index < -0.39 is 22.0 Å². The van der Waals surface area contributed by atoms with Crippen LogP contribution in [0.15, 0.2) is 44.9 Å². The van der Waals surface area contributed by atoms with Gasteiger partial charge < -0.3 is 0 Å². The first-order valence-corrected chi connectivity index (χ1v) is 6.79. The van der Waals surface area contributed by atoms with Gasteiger partial charge in [0, 0.05) is 12.5 Å². The van der Waals surface area contributed by atoms with Gasteiger partial charge in [-0.05, 0) is 12.1 Å². The maximum Gasteiger partial charge on any atom is 0.333 e. The van der Waals surface area contributed by atoms with E-state index >= 15 is 0 Å². The van der Waals surface area contributed by atoms with Crippen molar-refractivity contribution in [2.75, 3.05) is 6.26 Å². The van der Waals surface area contributed by atoms with E-state index in [4.69, 9.17) is 5.26 Å². The maximum atomic E-state index is 11.8. The minimum absolute atomic E-state index is 0.184. The molecule has 1 aromatic carbocycles. The molecule has 0 amide bonds. The zero-order valence-electron chi connectivity index (χ0n) is 9.91. The summed E-state index contributed by atoms with van der Waals surface area (Å²) in [5.41, 5.74) is -1.22. The van der Waals surface area contributed by atoms with Crippen molar-refractivity contribution in [1.82, 2.24) is 9.55 Å². The Balaban J connectivity index is 2.81. The van der Waals surface area contributed by atoms with Crippen molar-refractivity contribution in [1.29, 1.82) is 5.26 Å². The molecule has 1 atom stereocenters. The third kappa shape index (κ3) is 2.39. The Hall–Kier alpha value is -2.46. The van der Waals surface area contributed by atoms with Crippen LogP contribution in [0.1, 0.15) is 5.56 Å². The van der Waals surface area contributed by atoms with Crippen LogP contribution in [0, 0.1) is 11.3 Å². The molecule has 0 aliphatic carbocycles. The van der Waals surface area contributed by atoms with Crippen LogP contribution in [0.4, 0.5) is 0 Å². The third-order valence-electron chi connectivity index (χ3n) is 2.50. The van der Waals surface area contributed by atoms with Crippen LogP contribution in [0.25, 0.3) is 5.69 Å². The van der Waals surface area contributed by atoms with Crippen LogP contribution in [-0.4, -0.2) is 20.0 Å². The Labute approximate surface area is 110 Å². The summed E-state index contributed by atoms with van der Waals surface area (Å²) in [6, 6.07) is 8.29. The highest BCUT2D eigenvalue weighted by atomic mass is 32.2. The van der Waals surface area contributed by atoms with Crippen molar-refractivity contribution in [3.63, 3.8) is 0 Å². The summed E-state index contributed by atoms with van der Waals surface area (Å²) in [7, 11) is -1.30. The minimum Gasteiger partial charge on any atom is -0.273 e. The van der Waals surface area contributed by atoms with Gasteiger partial charge in [-0.1, -0.05) is 12.1 Å². The van der Waals surface area contributed by atoms with Crippen molar-refractivity contribution in [2.24, 2.45) is 0 Å². The van der Waals surface area contributed by atoms with E-state index in [1.807, 2.05) is 0 Å². The van der Waals surface area contributed by atoms with E-state index in [0.717, 1.165) is 10.8 Å². The van der Waals surface area contributed by atoms with Crippen molar-refractivity contribution < 1.29 is 4.21 Å². The number of para-hydroxylation sites is 1. The SMILES string of the molecule is CS(=O)c1ccccc1-n1cc(C#N)c(=O)[nH]c1=O. The molecule has 0 bridgehead atoms. The molecule has 0 fully saturated rings. The number of benzene rings is 1. The quantitative estimate of drug-likeness (QED) is 0.843. The normalized spacial score (nSPS) is 11.8. The number of aromatic amines is 1. The first kappa shape index (κ1) is 13.0. The topological polar surface area (TPSA) is 95.7 Å². The minimum atomic E-state index is -1.30. The highest BCUT2D eigenvalue weighted by Crippen LogP contribution is 2.15. The van der Waals surface area contributed by atoms with Gasteiger partial charge in [0.2, 0.25) is 0 Å². The summed E-state index contributed by atoms with van der Waals surface area (Å²) in [6.45, 7) is 0. The van der Waals surface area contributed by atoms with Crippen molar-refractivity contribution in [3.8, 4) is 11.8 Å². The molecule has 0 saturated heterocycles. The fourth-order valence-corrected chi connectivity index (χ4v) is 2.36. The second-order valence-corrected chi connectivity index (χ2v) is 5.05. The van der Waals surface area contributed by atoms with Gasteiger partial charge in [-0.2, -0.15) is 5.26 Å². The Morgan fingerprint density at radius 3 is 2.63 bits per heavy atom. The van der Waals surface area contributed by atoms with Gasteiger partial charge in [0.25, 0.3) is 5.56 Å². The fourth-order valence-electron chi connectivity index (χ4n) is 1.63. The summed E-state index contributed by atoms with van der Waals surface area (Å²) >= 11 is 0. The summed E-state index contributed by atoms with van der Waals surface area (Å²) in [5.74, 6) is 0. The van der Waals surface area contributed by atoms with E-state index in [1.54, 1.807) is 30.3 Å². The molecule has 0 radical (unpaired) electrons. The van der Waals surface area contributed by atoms with Gasteiger partial charge in [0.1, 0.15) is 11.6 Å². The molecule has 96 valence electrons. The van der Waals surface area contributed by atoms with Gasteiger partial charge >= 0.3 is 5.69 Å². The summed E-state index contributed by atoms with van der Waals surface area (Å²) in [5, 5.41) is 8.81. The first-order chi connectivity index (χ1) is 9.04. The lowest BCUT2D eigenvalue weighted by atomic mass is 10.3. The third-order valence-corrected chi connectivity index (χ3v) is 3.46. The van der Waals surface area contributed by atoms with Crippen molar-refractivity contribution >= 4 is 10.8 Å². The molecular formula is C12H9N3O3S. The van der Waals surface area contributed by atoms with E-state index in [2.05, 4.69) is 4.98 Å². The van der Waals surface area contributed by atoms with Gasteiger partial charge in [-0.15, -0.1) is 0 Å². The van der Waals surface area contributed by atoms with Crippen molar-refractivity contribution in [3.05, 3.63) is 56.9 Å². The summed E-state index contributed by atoms with van der Waals surface area (Å²) in [4.78, 5) is 25.6. The van der Waals surface area contributed by atoms with E-state index in [0.29, 0.717) is 10.6 Å². The second-order valence-electron chi connectivity index (χ2n) is 3.71. The van der Waals surface area contributed by atoms with Crippen LogP contribution in [-0.2, 0) is 10.8 Å². The number of rotatable bonds is 2. The Bertz CT molecular complexity index is 814. The highest BCUT2D eigenvalue weighted by Gasteiger charge is 2.11. The fraction of sp³-hybridized carbons (Fsp3) is 0.0833. The molecular weight excluding hydrogens is 266 g/mol. The number of H-pyrrole nitrogens is 1. The van der Waals surface area contributed by atoms with Gasteiger partial charge in [-0.3, -0.25) is 18.6 Å². The molecule has 1 heterocycles. The molecule has 0 saturated carbocycles. The van der Waals surface area contributed by atoms with E-state index in [-0.39, 0.29) is 5.56 Å². The van der Waals surface area contributed by atoms with Crippen LogP contribution in [0.3, 0.4) is 0 Å². The molecule has 0 aliphatic rings. The zero-order valence-corrected chi connectivity index (χ0v) is 10.7. The molecule has 0 spiro atoms. The standard InChI is InChI=1S/C12H9N3O3S/c1-19(18)10-5-3-2-4-9(10)15-7-8(6-13)11(16)14-12(15)17/h2-5,7H,1H3,(H,14,16,17). The molecule has 7 heteroatoms. The number of aromatic nitrogens is 2. The second kappa shape index (κ2) is 5.04. The first-order valence-electron chi connectivity index (χ1n) is 5.23. The molecule has 1 aromatic heterocycles. The predicted octanol–water partition coefficient (Wildman–Crippen LogP) is 0.135. The average molecular weight is 275 g/mol.